The van der Waals surface area contributed by atoms with E-state index in [0.29, 0.717) is 0 Å². The van der Waals surface area contributed by atoms with Crippen LogP contribution in [0.25, 0.3) is 6.08 Å². The van der Waals surface area contributed by atoms with Crippen LogP contribution in [0.5, 0.6) is 0 Å². The van der Waals surface area contributed by atoms with Gasteiger partial charge in [0, 0.05) is 18.4 Å². The monoisotopic (exact) mass is 223 g/mol. The van der Waals surface area contributed by atoms with Gasteiger partial charge in [0.05, 0.1) is 0 Å². The maximum atomic E-state index is 2.20. The van der Waals surface area contributed by atoms with Gasteiger partial charge in [-0.3, -0.25) is 0 Å². The molecule has 0 bridgehead atoms. The van der Waals surface area contributed by atoms with Crippen molar-refractivity contribution >= 4 is 17.5 Å². The highest BCUT2D eigenvalue weighted by molar-refractivity contribution is 5.73. The van der Waals surface area contributed by atoms with E-state index in [1.807, 2.05) is 13.0 Å². The first kappa shape index (κ1) is 11.5. The van der Waals surface area contributed by atoms with Gasteiger partial charge in [-0.15, -0.1) is 0 Å². The zero-order valence-electron chi connectivity index (χ0n) is 10.3. The van der Waals surface area contributed by atoms with Gasteiger partial charge in [-0.2, -0.15) is 0 Å². The lowest BCUT2D eigenvalue weighted by Gasteiger charge is -2.21. The predicted molar refractivity (Wildman–Crippen MR) is 75.7 cm³/mol. The molecule has 0 heterocycles. The second-order valence-electron chi connectivity index (χ2n) is 3.95. The van der Waals surface area contributed by atoms with E-state index in [1.54, 1.807) is 0 Å². The fourth-order valence-corrected chi connectivity index (χ4v) is 1.90. The number of hydrogen-bond donors (Lipinski definition) is 0. The van der Waals surface area contributed by atoms with Crippen LogP contribution in [0.4, 0.5) is 11.4 Å². The molecule has 86 valence electrons. The molecule has 0 saturated carbocycles. The zero-order chi connectivity index (χ0) is 12.1. The lowest BCUT2D eigenvalue weighted by atomic mass is 10.1. The van der Waals surface area contributed by atoms with Crippen LogP contribution < -0.4 is 4.90 Å². The largest absolute Gasteiger partial charge is 0.344 e. The molecule has 2 aromatic rings. The molecule has 0 aliphatic carbocycles. The van der Waals surface area contributed by atoms with E-state index in [9.17, 15) is 0 Å². The second kappa shape index (κ2) is 5.35. The SMILES string of the molecule is C/C=C\c1ccccc1N(C)c1ccccc1. The quantitative estimate of drug-likeness (QED) is 0.741. The Labute approximate surface area is 103 Å². The fourth-order valence-electron chi connectivity index (χ4n) is 1.90. The summed E-state index contributed by atoms with van der Waals surface area (Å²) in [5.41, 5.74) is 3.66. The molecule has 0 fully saturated rings. The summed E-state index contributed by atoms with van der Waals surface area (Å²) in [7, 11) is 2.09. The molecule has 1 nitrogen and oxygen atoms in total. The molecule has 0 spiro atoms. The van der Waals surface area contributed by atoms with Gasteiger partial charge in [-0.25, -0.2) is 0 Å². The normalized spacial score (nSPS) is 10.7. The van der Waals surface area contributed by atoms with E-state index in [0.717, 1.165) is 0 Å². The maximum Gasteiger partial charge on any atom is 0.0481 e. The summed E-state index contributed by atoms with van der Waals surface area (Å²) in [4.78, 5) is 2.20. The van der Waals surface area contributed by atoms with Gasteiger partial charge in [0.2, 0.25) is 0 Å². The van der Waals surface area contributed by atoms with Crippen molar-refractivity contribution < 1.29 is 0 Å². The van der Waals surface area contributed by atoms with E-state index in [-0.39, 0.29) is 0 Å². The van der Waals surface area contributed by atoms with E-state index in [4.69, 9.17) is 0 Å². The predicted octanol–water partition coefficient (Wildman–Crippen LogP) is 4.49. The van der Waals surface area contributed by atoms with Crippen LogP contribution in [0.1, 0.15) is 12.5 Å². The molecule has 2 aromatic carbocycles. The Kier molecular flexibility index (Phi) is 3.61. The minimum absolute atomic E-state index is 1.20. The third-order valence-corrected chi connectivity index (χ3v) is 2.79. The van der Waals surface area contributed by atoms with Gasteiger partial charge in [-0.05, 0) is 30.7 Å². The van der Waals surface area contributed by atoms with Crippen molar-refractivity contribution in [1.29, 1.82) is 0 Å². The van der Waals surface area contributed by atoms with Crippen molar-refractivity contribution in [2.45, 2.75) is 6.92 Å². The van der Waals surface area contributed by atoms with Gasteiger partial charge in [0.25, 0.3) is 0 Å². The van der Waals surface area contributed by atoms with E-state index < -0.39 is 0 Å². The number of hydrogen-bond acceptors (Lipinski definition) is 1. The Morgan fingerprint density at radius 1 is 0.882 bits per heavy atom. The average Bonchev–Trinajstić information content (AvgIpc) is 2.40. The maximum absolute atomic E-state index is 2.20. The smallest absolute Gasteiger partial charge is 0.0481 e. The molecule has 0 aliphatic rings. The highest BCUT2D eigenvalue weighted by atomic mass is 15.1. The van der Waals surface area contributed by atoms with Crippen LogP contribution in [-0.2, 0) is 0 Å². The Bertz CT molecular complexity index is 500. The van der Waals surface area contributed by atoms with Crippen molar-refractivity contribution in [3.8, 4) is 0 Å². The number of rotatable bonds is 3. The molecule has 0 unspecified atom stereocenters. The third kappa shape index (κ3) is 2.56. The minimum atomic E-state index is 1.20. The number of anilines is 2. The molecular formula is C16H17N. The Morgan fingerprint density at radius 2 is 1.53 bits per heavy atom. The van der Waals surface area contributed by atoms with Crippen molar-refractivity contribution in [2.75, 3.05) is 11.9 Å². The summed E-state index contributed by atoms with van der Waals surface area (Å²) < 4.78 is 0. The van der Waals surface area contributed by atoms with E-state index >= 15 is 0 Å². The van der Waals surface area contributed by atoms with Gasteiger partial charge < -0.3 is 4.90 Å². The van der Waals surface area contributed by atoms with E-state index in [1.165, 1.54) is 16.9 Å². The first-order valence-corrected chi connectivity index (χ1v) is 5.83. The van der Waals surface area contributed by atoms with E-state index in [2.05, 4.69) is 72.6 Å². The van der Waals surface area contributed by atoms with Crippen LogP contribution in [0.2, 0.25) is 0 Å². The van der Waals surface area contributed by atoms with Crippen LogP contribution in [0.15, 0.2) is 60.7 Å². The number of nitrogens with zero attached hydrogens (tertiary/aromatic N) is 1. The molecule has 0 atom stereocenters. The second-order valence-corrected chi connectivity index (χ2v) is 3.95. The Morgan fingerprint density at radius 3 is 2.24 bits per heavy atom. The highest BCUT2D eigenvalue weighted by Gasteiger charge is 2.05. The van der Waals surface area contributed by atoms with Crippen LogP contribution >= 0.6 is 0 Å². The Hall–Kier alpha value is -2.02. The summed E-state index contributed by atoms with van der Waals surface area (Å²) in [6.45, 7) is 2.04. The number of benzene rings is 2. The molecular weight excluding hydrogens is 206 g/mol. The average molecular weight is 223 g/mol. The minimum Gasteiger partial charge on any atom is -0.344 e. The standard InChI is InChI=1S/C16H17N/c1-3-9-14-10-7-8-13-16(14)17(2)15-11-5-4-6-12-15/h3-13H,1-2H3/b9-3-. The van der Waals surface area contributed by atoms with Gasteiger partial charge in [0.1, 0.15) is 0 Å². The highest BCUT2D eigenvalue weighted by Crippen LogP contribution is 2.27. The third-order valence-electron chi connectivity index (χ3n) is 2.79. The number of para-hydroxylation sites is 2. The first-order valence-electron chi connectivity index (χ1n) is 5.83. The van der Waals surface area contributed by atoms with Crippen molar-refractivity contribution in [3.05, 3.63) is 66.2 Å². The topological polar surface area (TPSA) is 3.24 Å². The summed E-state index contributed by atoms with van der Waals surface area (Å²) in [5, 5.41) is 0. The molecule has 0 saturated heterocycles. The lowest BCUT2D eigenvalue weighted by molar-refractivity contribution is 1.20. The van der Waals surface area contributed by atoms with Crippen molar-refractivity contribution in [3.63, 3.8) is 0 Å². The number of allylic oxidation sites excluding steroid dienone is 1. The summed E-state index contributed by atoms with van der Waals surface area (Å²) in [6, 6.07) is 18.8. The summed E-state index contributed by atoms with van der Waals surface area (Å²) in [5.74, 6) is 0. The summed E-state index contributed by atoms with van der Waals surface area (Å²) in [6.07, 6.45) is 4.20. The lowest BCUT2D eigenvalue weighted by Crippen LogP contribution is -2.10. The van der Waals surface area contributed by atoms with Crippen LogP contribution in [-0.4, -0.2) is 7.05 Å². The van der Waals surface area contributed by atoms with Gasteiger partial charge in [-0.1, -0.05) is 48.6 Å². The molecule has 1 heteroatoms. The van der Waals surface area contributed by atoms with Gasteiger partial charge in [0.15, 0.2) is 0 Å². The van der Waals surface area contributed by atoms with Crippen molar-refractivity contribution in [2.24, 2.45) is 0 Å². The van der Waals surface area contributed by atoms with Crippen molar-refractivity contribution in [1.82, 2.24) is 0 Å². The first-order chi connectivity index (χ1) is 8.33. The molecule has 17 heavy (non-hydrogen) atoms. The Balaban J connectivity index is 2.40. The molecule has 0 radical (unpaired) electrons. The van der Waals surface area contributed by atoms with Crippen LogP contribution in [0.3, 0.4) is 0 Å². The molecule has 0 aliphatic heterocycles. The van der Waals surface area contributed by atoms with Gasteiger partial charge >= 0.3 is 0 Å². The molecule has 2 rings (SSSR count). The molecule has 0 amide bonds. The van der Waals surface area contributed by atoms with Crippen LogP contribution in [0, 0.1) is 0 Å². The fraction of sp³-hybridized carbons (Fsp3) is 0.125. The summed E-state index contributed by atoms with van der Waals surface area (Å²) >= 11 is 0. The molecule has 0 aromatic heterocycles. The zero-order valence-corrected chi connectivity index (χ0v) is 10.3. The molecule has 0 N–H and O–H groups in total.